The Labute approximate surface area is 158 Å². The minimum absolute atomic E-state index is 0.124. The van der Waals surface area contributed by atoms with Gasteiger partial charge in [-0.25, -0.2) is 9.59 Å². The number of carbonyl (C=O) groups excluding carboxylic acids is 2. The molecule has 2 aromatic rings. The molecule has 0 fully saturated rings. The van der Waals surface area contributed by atoms with Crippen molar-refractivity contribution >= 4 is 12.1 Å². The van der Waals surface area contributed by atoms with Crippen molar-refractivity contribution in [3.8, 4) is 0 Å². The third-order valence-electron chi connectivity index (χ3n) is 3.86. The van der Waals surface area contributed by atoms with Crippen LogP contribution in [0.4, 0.5) is 4.79 Å². The summed E-state index contributed by atoms with van der Waals surface area (Å²) in [4.78, 5) is 23.4. The van der Waals surface area contributed by atoms with Gasteiger partial charge in [0.2, 0.25) is 0 Å². The van der Waals surface area contributed by atoms with E-state index in [4.69, 9.17) is 4.74 Å². The lowest BCUT2D eigenvalue weighted by molar-refractivity contribution is -0.134. The molecule has 142 valence electrons. The van der Waals surface area contributed by atoms with E-state index in [0.29, 0.717) is 6.42 Å². The van der Waals surface area contributed by atoms with Crippen LogP contribution in [0.2, 0.25) is 0 Å². The first-order valence-corrected chi connectivity index (χ1v) is 8.54. The van der Waals surface area contributed by atoms with Gasteiger partial charge >= 0.3 is 12.1 Å². The highest BCUT2D eigenvalue weighted by Crippen LogP contribution is 2.09. The largest absolute Gasteiger partial charge is 0.466 e. The zero-order valence-corrected chi connectivity index (χ0v) is 15.1. The quantitative estimate of drug-likeness (QED) is 0.552. The average molecular weight is 369 g/mol. The molecule has 0 aromatic heterocycles. The van der Waals surface area contributed by atoms with Gasteiger partial charge in [0.05, 0.1) is 19.3 Å². The summed E-state index contributed by atoms with van der Waals surface area (Å²) in [6.45, 7) is 0.124. The Bertz CT molecular complexity index is 746. The van der Waals surface area contributed by atoms with Gasteiger partial charge in [-0.2, -0.15) is 0 Å². The number of rotatable bonds is 8. The maximum atomic E-state index is 12.2. The Kier molecular flexibility index (Phi) is 8.06. The fourth-order valence-corrected chi connectivity index (χ4v) is 2.42. The maximum absolute atomic E-state index is 12.2. The number of alkyl carbamates (subject to hydrolysis) is 1. The van der Waals surface area contributed by atoms with Crippen LogP contribution in [0.1, 0.15) is 11.1 Å². The molecule has 0 radical (unpaired) electrons. The van der Waals surface area contributed by atoms with Gasteiger partial charge in [0, 0.05) is 6.08 Å². The summed E-state index contributed by atoms with van der Waals surface area (Å²) in [5, 5.41) is 13.0. The number of ether oxygens (including phenoxy) is 2. The molecule has 2 atom stereocenters. The Morgan fingerprint density at radius 3 is 2.22 bits per heavy atom. The number of hydrogen-bond acceptors (Lipinski definition) is 5. The van der Waals surface area contributed by atoms with E-state index in [1.165, 1.54) is 13.2 Å². The topological polar surface area (TPSA) is 84.9 Å². The summed E-state index contributed by atoms with van der Waals surface area (Å²) in [6.07, 6.45) is 1.05. The van der Waals surface area contributed by atoms with Crippen molar-refractivity contribution < 1.29 is 24.2 Å². The standard InChI is InChI=1S/C21H23NO5/c1-26-20(24)13-12-19(23)18(14-16-8-4-2-5-9-16)22-21(25)27-15-17-10-6-3-7-11-17/h2-13,18-19,23H,14-15H2,1H3,(H,22,25)/b13-12+/t18-,19-/m0/s1. The van der Waals surface area contributed by atoms with Crippen LogP contribution in [-0.4, -0.2) is 36.4 Å². The van der Waals surface area contributed by atoms with Crippen molar-refractivity contribution in [2.24, 2.45) is 0 Å². The van der Waals surface area contributed by atoms with Crippen molar-refractivity contribution in [1.82, 2.24) is 5.32 Å². The van der Waals surface area contributed by atoms with Crippen LogP contribution in [0, 0.1) is 0 Å². The molecule has 0 spiro atoms. The molecular formula is C21H23NO5. The molecule has 27 heavy (non-hydrogen) atoms. The Hall–Kier alpha value is -3.12. The minimum Gasteiger partial charge on any atom is -0.466 e. The van der Waals surface area contributed by atoms with E-state index in [-0.39, 0.29) is 6.61 Å². The molecule has 2 aromatic carbocycles. The molecule has 6 nitrogen and oxygen atoms in total. The van der Waals surface area contributed by atoms with E-state index in [0.717, 1.165) is 17.2 Å². The van der Waals surface area contributed by atoms with Crippen molar-refractivity contribution in [3.05, 3.63) is 83.9 Å². The highest BCUT2D eigenvalue weighted by atomic mass is 16.5. The van der Waals surface area contributed by atoms with Crippen molar-refractivity contribution in [2.75, 3.05) is 7.11 Å². The molecule has 0 aliphatic heterocycles. The number of aliphatic hydroxyl groups is 1. The molecule has 2 rings (SSSR count). The number of esters is 1. The second-order valence-corrected chi connectivity index (χ2v) is 5.88. The van der Waals surface area contributed by atoms with Gasteiger partial charge in [0.1, 0.15) is 6.61 Å². The van der Waals surface area contributed by atoms with Crippen molar-refractivity contribution in [2.45, 2.75) is 25.2 Å². The summed E-state index contributed by atoms with van der Waals surface area (Å²) in [6, 6.07) is 18.0. The second-order valence-electron chi connectivity index (χ2n) is 5.88. The Morgan fingerprint density at radius 1 is 1.04 bits per heavy atom. The first kappa shape index (κ1) is 20.2. The molecule has 0 heterocycles. The van der Waals surface area contributed by atoms with Crippen LogP contribution in [0.3, 0.4) is 0 Å². The fourth-order valence-electron chi connectivity index (χ4n) is 2.42. The molecule has 0 aliphatic carbocycles. The Balaban J connectivity index is 2.00. The number of hydrogen-bond donors (Lipinski definition) is 2. The third-order valence-corrected chi connectivity index (χ3v) is 3.86. The van der Waals surface area contributed by atoms with Crippen LogP contribution in [-0.2, 0) is 27.3 Å². The minimum atomic E-state index is -1.09. The first-order chi connectivity index (χ1) is 13.1. The highest BCUT2D eigenvalue weighted by Gasteiger charge is 2.21. The summed E-state index contributed by atoms with van der Waals surface area (Å²) >= 11 is 0. The van der Waals surface area contributed by atoms with Crippen LogP contribution < -0.4 is 5.32 Å². The molecule has 0 bridgehead atoms. The maximum Gasteiger partial charge on any atom is 0.407 e. The molecular weight excluding hydrogens is 346 g/mol. The summed E-state index contributed by atoms with van der Waals surface area (Å²) in [7, 11) is 1.25. The van der Waals surface area contributed by atoms with E-state index in [9.17, 15) is 14.7 Å². The Morgan fingerprint density at radius 2 is 1.63 bits per heavy atom. The number of nitrogens with one attached hydrogen (secondary N) is 1. The highest BCUT2D eigenvalue weighted by molar-refractivity contribution is 5.81. The molecule has 1 amide bonds. The third kappa shape index (κ3) is 7.33. The number of amides is 1. The van der Waals surface area contributed by atoms with Gasteiger partial charge in [0.25, 0.3) is 0 Å². The van der Waals surface area contributed by atoms with E-state index >= 15 is 0 Å². The van der Waals surface area contributed by atoms with Gasteiger partial charge in [-0.05, 0) is 23.6 Å². The van der Waals surface area contributed by atoms with Gasteiger partial charge in [-0.3, -0.25) is 0 Å². The normalized spacial score (nSPS) is 13.0. The summed E-state index contributed by atoms with van der Waals surface area (Å²) in [5.41, 5.74) is 1.79. The molecule has 6 heteroatoms. The van der Waals surface area contributed by atoms with Crippen LogP contribution in [0.15, 0.2) is 72.8 Å². The zero-order valence-electron chi connectivity index (χ0n) is 15.1. The van der Waals surface area contributed by atoms with E-state index in [1.54, 1.807) is 0 Å². The number of methoxy groups -OCH3 is 1. The number of aliphatic hydroxyl groups excluding tert-OH is 1. The molecule has 0 saturated heterocycles. The lowest BCUT2D eigenvalue weighted by Gasteiger charge is -2.22. The first-order valence-electron chi connectivity index (χ1n) is 8.54. The lowest BCUT2D eigenvalue weighted by Crippen LogP contribution is -2.44. The SMILES string of the molecule is COC(=O)/C=C/[C@H](O)[C@H](Cc1ccccc1)NC(=O)OCc1ccccc1. The molecule has 0 unspecified atom stereocenters. The molecule has 0 aliphatic rings. The molecule has 2 N–H and O–H groups in total. The predicted molar refractivity (Wildman–Crippen MR) is 101 cm³/mol. The number of benzene rings is 2. The summed E-state index contributed by atoms with van der Waals surface area (Å²) < 4.78 is 9.73. The second kappa shape index (κ2) is 10.8. The van der Waals surface area contributed by atoms with Gasteiger partial charge in [-0.15, -0.1) is 0 Å². The summed E-state index contributed by atoms with van der Waals surface area (Å²) in [5.74, 6) is -0.584. The van der Waals surface area contributed by atoms with E-state index < -0.39 is 24.2 Å². The average Bonchev–Trinajstić information content (AvgIpc) is 2.71. The van der Waals surface area contributed by atoms with Crippen LogP contribution in [0.25, 0.3) is 0 Å². The predicted octanol–water partition coefficient (Wildman–Crippen LogP) is 2.61. The van der Waals surface area contributed by atoms with Gasteiger partial charge in [-0.1, -0.05) is 60.7 Å². The van der Waals surface area contributed by atoms with Crippen molar-refractivity contribution in [3.63, 3.8) is 0 Å². The lowest BCUT2D eigenvalue weighted by atomic mass is 10.0. The fraction of sp³-hybridized carbons (Fsp3) is 0.238. The number of carbonyl (C=O) groups is 2. The zero-order chi connectivity index (χ0) is 19.5. The van der Waals surface area contributed by atoms with E-state index in [1.807, 2.05) is 60.7 Å². The van der Waals surface area contributed by atoms with Gasteiger partial charge in [0.15, 0.2) is 0 Å². The smallest absolute Gasteiger partial charge is 0.407 e. The van der Waals surface area contributed by atoms with Crippen molar-refractivity contribution in [1.29, 1.82) is 0 Å². The van der Waals surface area contributed by atoms with Crippen LogP contribution >= 0.6 is 0 Å². The van der Waals surface area contributed by atoms with Crippen LogP contribution in [0.5, 0.6) is 0 Å². The monoisotopic (exact) mass is 369 g/mol. The van der Waals surface area contributed by atoms with Gasteiger partial charge < -0.3 is 19.9 Å². The van der Waals surface area contributed by atoms with E-state index in [2.05, 4.69) is 10.1 Å². The molecule has 0 saturated carbocycles.